The van der Waals surface area contributed by atoms with Crippen molar-refractivity contribution in [3.63, 3.8) is 0 Å². The number of sulfonamides is 1. The molecule has 10 heteroatoms. The van der Waals surface area contributed by atoms with Crippen LogP contribution in [0.1, 0.15) is 29.6 Å². The summed E-state index contributed by atoms with van der Waals surface area (Å²) in [5.41, 5.74) is 0.485. The maximum Gasteiger partial charge on any atom is 0.251 e. The number of nitrogens with zero attached hydrogens (tertiary/aromatic N) is 1. The number of benzene rings is 1. The summed E-state index contributed by atoms with van der Waals surface area (Å²) >= 11 is 5.86. The van der Waals surface area contributed by atoms with Crippen molar-refractivity contribution >= 4 is 27.5 Å². The van der Waals surface area contributed by atoms with E-state index < -0.39 is 16.1 Å². The van der Waals surface area contributed by atoms with E-state index in [4.69, 9.17) is 16.3 Å². The number of ether oxygens (including phenoxy) is 1. The molecule has 0 radical (unpaired) electrons. The van der Waals surface area contributed by atoms with E-state index in [0.29, 0.717) is 29.8 Å². The van der Waals surface area contributed by atoms with Gasteiger partial charge in [0.2, 0.25) is 10.0 Å². The van der Waals surface area contributed by atoms with Gasteiger partial charge in [0.1, 0.15) is 6.10 Å². The van der Waals surface area contributed by atoms with Crippen LogP contribution in [0.5, 0.6) is 0 Å². The highest BCUT2D eigenvalue weighted by Crippen LogP contribution is 2.22. The van der Waals surface area contributed by atoms with Crippen LogP contribution in [0, 0.1) is 0 Å². The molecule has 3 atom stereocenters. The summed E-state index contributed by atoms with van der Waals surface area (Å²) in [4.78, 5) is 16.3. The lowest BCUT2D eigenvalue weighted by atomic mass is 9.97. The molecule has 3 N–H and O–H groups in total. The standard InChI is InChI=1S/C20H24ClN3O5S/c21-15-2-1-3-17(12-15)30(27,28)23-11-8-16-4-5-18(19(13-25)29-16)24-20(26)14-6-9-22-10-7-14/h1-3,6-7,9-10,12,16,18-19,23,25H,4-5,8,11,13H2,(H,24,26)/t16-,18+,19+/m0/s1. The zero-order chi connectivity index (χ0) is 21.6. The number of aliphatic hydroxyl groups excluding tert-OH is 1. The maximum atomic E-state index is 12.4. The van der Waals surface area contributed by atoms with E-state index >= 15 is 0 Å². The molecular weight excluding hydrogens is 430 g/mol. The molecule has 1 amide bonds. The number of carbonyl (C=O) groups excluding carboxylic acids is 1. The number of hydrogen-bond acceptors (Lipinski definition) is 6. The molecule has 1 aromatic heterocycles. The average molecular weight is 454 g/mol. The maximum absolute atomic E-state index is 12.4. The number of aromatic nitrogens is 1. The topological polar surface area (TPSA) is 118 Å². The minimum atomic E-state index is -3.66. The molecule has 0 bridgehead atoms. The van der Waals surface area contributed by atoms with Crippen molar-refractivity contribution in [2.45, 2.75) is 42.4 Å². The summed E-state index contributed by atoms with van der Waals surface area (Å²) in [5.74, 6) is -0.253. The second kappa shape index (κ2) is 10.3. The van der Waals surface area contributed by atoms with Gasteiger partial charge in [-0.1, -0.05) is 17.7 Å². The van der Waals surface area contributed by atoms with E-state index in [1.165, 1.54) is 24.5 Å². The Morgan fingerprint density at radius 3 is 2.70 bits per heavy atom. The first-order chi connectivity index (χ1) is 14.4. The molecule has 1 aliphatic heterocycles. The van der Waals surface area contributed by atoms with E-state index in [2.05, 4.69) is 15.0 Å². The smallest absolute Gasteiger partial charge is 0.251 e. The van der Waals surface area contributed by atoms with E-state index in [-0.39, 0.29) is 36.1 Å². The Kier molecular flexibility index (Phi) is 7.79. The molecule has 1 aliphatic rings. The fraction of sp³-hybridized carbons (Fsp3) is 0.400. The molecule has 3 rings (SSSR count). The molecule has 0 aliphatic carbocycles. The van der Waals surface area contributed by atoms with Crippen molar-refractivity contribution in [3.05, 3.63) is 59.4 Å². The van der Waals surface area contributed by atoms with Crippen LogP contribution >= 0.6 is 11.6 Å². The number of pyridine rings is 1. The summed E-state index contributed by atoms with van der Waals surface area (Å²) < 4.78 is 33.1. The first kappa shape index (κ1) is 22.6. The number of aliphatic hydroxyl groups is 1. The molecule has 2 aromatic rings. The monoisotopic (exact) mass is 453 g/mol. The third kappa shape index (κ3) is 5.99. The molecule has 1 saturated heterocycles. The Bertz CT molecular complexity index is 958. The molecule has 0 saturated carbocycles. The van der Waals surface area contributed by atoms with Crippen LogP contribution in [0.25, 0.3) is 0 Å². The van der Waals surface area contributed by atoms with E-state index in [1.807, 2.05) is 0 Å². The number of carbonyl (C=O) groups is 1. The number of amides is 1. The van der Waals surface area contributed by atoms with E-state index in [9.17, 15) is 18.3 Å². The summed E-state index contributed by atoms with van der Waals surface area (Å²) in [6, 6.07) is 8.95. The molecule has 162 valence electrons. The van der Waals surface area contributed by atoms with E-state index in [0.717, 1.165) is 0 Å². The fourth-order valence-corrected chi connectivity index (χ4v) is 4.68. The van der Waals surface area contributed by atoms with Crippen molar-refractivity contribution < 1.29 is 23.1 Å². The summed E-state index contributed by atoms with van der Waals surface area (Å²) in [6.45, 7) is -0.0578. The van der Waals surface area contributed by atoms with Gasteiger partial charge in [0, 0.05) is 29.5 Å². The van der Waals surface area contributed by atoms with Crippen LogP contribution in [0.2, 0.25) is 5.02 Å². The second-order valence-electron chi connectivity index (χ2n) is 7.02. The van der Waals surface area contributed by atoms with Gasteiger partial charge in [-0.3, -0.25) is 9.78 Å². The average Bonchev–Trinajstić information content (AvgIpc) is 2.75. The van der Waals surface area contributed by atoms with Gasteiger partial charge in [-0.15, -0.1) is 0 Å². The van der Waals surface area contributed by atoms with Crippen LogP contribution < -0.4 is 10.0 Å². The van der Waals surface area contributed by atoms with Crippen LogP contribution in [-0.2, 0) is 14.8 Å². The predicted molar refractivity (Wildman–Crippen MR) is 112 cm³/mol. The number of hydrogen-bond donors (Lipinski definition) is 3. The van der Waals surface area contributed by atoms with Gasteiger partial charge in [0.05, 0.1) is 23.6 Å². The van der Waals surface area contributed by atoms with Crippen molar-refractivity contribution in [2.75, 3.05) is 13.2 Å². The van der Waals surface area contributed by atoms with Crippen LogP contribution in [0.4, 0.5) is 0 Å². The van der Waals surface area contributed by atoms with Gasteiger partial charge in [-0.25, -0.2) is 13.1 Å². The summed E-state index contributed by atoms with van der Waals surface area (Å²) in [6.07, 6.45) is 4.00. The van der Waals surface area contributed by atoms with E-state index in [1.54, 1.807) is 24.3 Å². The van der Waals surface area contributed by atoms with Crippen LogP contribution in [-0.4, -0.2) is 55.8 Å². The molecule has 30 heavy (non-hydrogen) atoms. The largest absolute Gasteiger partial charge is 0.394 e. The predicted octanol–water partition coefficient (Wildman–Crippen LogP) is 1.74. The highest BCUT2D eigenvalue weighted by Gasteiger charge is 2.32. The fourth-order valence-electron chi connectivity index (χ4n) is 3.34. The zero-order valence-electron chi connectivity index (χ0n) is 16.2. The normalized spacial score (nSPS) is 21.9. The number of halogens is 1. The SMILES string of the molecule is O=C(N[C@@H]1CC[C@@H](CCNS(=O)(=O)c2cccc(Cl)c2)O[C@@H]1CO)c1ccncc1. The third-order valence-electron chi connectivity index (χ3n) is 4.92. The first-order valence-electron chi connectivity index (χ1n) is 9.61. The Labute approximate surface area is 180 Å². The van der Waals surface area contributed by atoms with Gasteiger partial charge in [-0.05, 0) is 49.6 Å². The summed E-state index contributed by atoms with van der Waals surface area (Å²) in [7, 11) is -3.66. The molecule has 0 unspecified atom stereocenters. The highest BCUT2D eigenvalue weighted by atomic mass is 35.5. The number of nitrogens with one attached hydrogen (secondary N) is 2. The van der Waals surface area contributed by atoms with Crippen molar-refractivity contribution in [2.24, 2.45) is 0 Å². The molecule has 8 nitrogen and oxygen atoms in total. The Morgan fingerprint density at radius 2 is 2.00 bits per heavy atom. The van der Waals surface area contributed by atoms with Gasteiger partial charge in [-0.2, -0.15) is 0 Å². The van der Waals surface area contributed by atoms with Crippen LogP contribution in [0.15, 0.2) is 53.7 Å². The Balaban J connectivity index is 1.50. The van der Waals surface area contributed by atoms with Gasteiger partial charge in [0.15, 0.2) is 0 Å². The highest BCUT2D eigenvalue weighted by molar-refractivity contribution is 7.89. The Morgan fingerprint density at radius 1 is 1.23 bits per heavy atom. The minimum Gasteiger partial charge on any atom is -0.394 e. The molecule has 0 spiro atoms. The lowest BCUT2D eigenvalue weighted by Gasteiger charge is -2.36. The van der Waals surface area contributed by atoms with Crippen LogP contribution in [0.3, 0.4) is 0 Å². The van der Waals surface area contributed by atoms with Crippen molar-refractivity contribution in [3.8, 4) is 0 Å². The molecule has 1 fully saturated rings. The lowest BCUT2D eigenvalue weighted by molar-refractivity contribution is -0.0891. The van der Waals surface area contributed by atoms with Crippen molar-refractivity contribution in [1.29, 1.82) is 0 Å². The van der Waals surface area contributed by atoms with Gasteiger partial charge < -0.3 is 15.2 Å². The second-order valence-corrected chi connectivity index (χ2v) is 9.22. The van der Waals surface area contributed by atoms with Gasteiger partial charge in [0.25, 0.3) is 5.91 Å². The first-order valence-corrected chi connectivity index (χ1v) is 11.5. The molecule has 1 aromatic carbocycles. The molecule has 2 heterocycles. The summed E-state index contributed by atoms with van der Waals surface area (Å²) in [5, 5.41) is 12.9. The lowest BCUT2D eigenvalue weighted by Crippen LogP contribution is -2.51. The number of rotatable bonds is 8. The molecular formula is C20H24ClN3O5S. The quantitative estimate of drug-likeness (QED) is 0.560. The zero-order valence-corrected chi connectivity index (χ0v) is 17.8. The van der Waals surface area contributed by atoms with Gasteiger partial charge >= 0.3 is 0 Å². The third-order valence-corrected chi connectivity index (χ3v) is 6.61. The van der Waals surface area contributed by atoms with Crippen molar-refractivity contribution in [1.82, 2.24) is 15.0 Å². The minimum absolute atomic E-state index is 0.103. The Hall–Kier alpha value is -2.04.